The second-order valence-electron chi connectivity index (χ2n) is 4.83. The van der Waals surface area contributed by atoms with Crippen LogP contribution in [-0.2, 0) is 4.79 Å². The molecule has 0 aliphatic rings. The number of hydrogen-bond acceptors (Lipinski definition) is 1. The van der Waals surface area contributed by atoms with Gasteiger partial charge in [0, 0.05) is 11.3 Å². The zero-order valence-corrected chi connectivity index (χ0v) is 10.7. The summed E-state index contributed by atoms with van der Waals surface area (Å²) >= 11 is 5.90. The Morgan fingerprint density at radius 2 is 1.64 bits per heavy atom. The molecule has 0 heterocycles. The summed E-state index contributed by atoms with van der Waals surface area (Å²) < 4.78 is 0. The van der Waals surface area contributed by atoms with E-state index in [2.05, 4.69) is 19.2 Å². The smallest absolute Gasteiger partial charge is 0.225 e. The molecule has 1 amide bonds. The molecule has 0 saturated carbocycles. The van der Waals surface area contributed by atoms with Gasteiger partial charge in [0.1, 0.15) is 0 Å². The van der Waals surface area contributed by atoms with Crippen LogP contribution in [0, 0.1) is 5.41 Å². The minimum Gasteiger partial charge on any atom is -0.349 e. The predicted octanol–water partition coefficient (Wildman–Crippen LogP) is 2.95. The Morgan fingerprint density at radius 3 is 1.86 bits per heavy atom. The molecule has 0 saturated heterocycles. The fraction of sp³-hybridized carbons (Fsp3) is 0.909. The standard InChI is InChI=1S/C11H22ClNO/c1-6-11(7-2,8-12)13-9(14)10(3,4)5/h6-8H2,1-5H3,(H,13,14). The first-order chi connectivity index (χ1) is 6.31. The molecule has 0 unspecified atom stereocenters. The fourth-order valence-electron chi connectivity index (χ4n) is 1.08. The summed E-state index contributed by atoms with van der Waals surface area (Å²) in [4.78, 5) is 11.8. The summed E-state index contributed by atoms with van der Waals surface area (Å²) in [7, 11) is 0. The van der Waals surface area contributed by atoms with Gasteiger partial charge in [-0.1, -0.05) is 34.6 Å². The second-order valence-corrected chi connectivity index (χ2v) is 5.09. The molecule has 0 rings (SSSR count). The molecule has 0 aliphatic heterocycles. The number of hydrogen-bond donors (Lipinski definition) is 1. The Bertz CT molecular complexity index is 184. The zero-order chi connectivity index (χ0) is 11.4. The van der Waals surface area contributed by atoms with Crippen molar-refractivity contribution in [1.82, 2.24) is 5.32 Å². The SMILES string of the molecule is CCC(CC)(CCl)NC(=O)C(C)(C)C. The predicted molar refractivity (Wildman–Crippen MR) is 61.6 cm³/mol. The lowest BCUT2D eigenvalue weighted by atomic mass is 9.90. The van der Waals surface area contributed by atoms with Crippen LogP contribution in [-0.4, -0.2) is 17.3 Å². The molecule has 1 N–H and O–H groups in total. The number of nitrogens with one attached hydrogen (secondary N) is 1. The molecule has 0 aliphatic carbocycles. The number of carbonyl (C=O) groups is 1. The molecule has 0 aromatic heterocycles. The average Bonchev–Trinajstić information content (AvgIpc) is 2.12. The van der Waals surface area contributed by atoms with E-state index in [4.69, 9.17) is 11.6 Å². The third-order valence-corrected chi connectivity index (χ3v) is 3.18. The highest BCUT2D eigenvalue weighted by atomic mass is 35.5. The van der Waals surface area contributed by atoms with Crippen molar-refractivity contribution >= 4 is 17.5 Å². The van der Waals surface area contributed by atoms with Gasteiger partial charge in [0.2, 0.25) is 5.91 Å². The fourth-order valence-corrected chi connectivity index (χ4v) is 1.52. The lowest BCUT2D eigenvalue weighted by molar-refractivity contribution is -0.130. The summed E-state index contributed by atoms with van der Waals surface area (Å²) in [6, 6.07) is 0. The lowest BCUT2D eigenvalue weighted by Crippen LogP contribution is -2.52. The Labute approximate surface area is 92.4 Å². The highest BCUT2D eigenvalue weighted by Crippen LogP contribution is 2.21. The maximum Gasteiger partial charge on any atom is 0.225 e. The number of halogens is 1. The van der Waals surface area contributed by atoms with Crippen LogP contribution in [0.4, 0.5) is 0 Å². The number of alkyl halides is 1. The molecule has 0 bridgehead atoms. The van der Waals surface area contributed by atoms with E-state index in [0.717, 1.165) is 12.8 Å². The summed E-state index contributed by atoms with van der Waals surface area (Å²) in [6.45, 7) is 9.83. The van der Waals surface area contributed by atoms with Gasteiger partial charge in [-0.3, -0.25) is 4.79 Å². The summed E-state index contributed by atoms with van der Waals surface area (Å²) in [5.41, 5.74) is -0.576. The molecule has 0 radical (unpaired) electrons. The topological polar surface area (TPSA) is 29.1 Å². The molecule has 0 aromatic carbocycles. The molecular weight excluding hydrogens is 198 g/mol. The zero-order valence-electron chi connectivity index (χ0n) is 9.91. The third kappa shape index (κ3) is 3.49. The quantitative estimate of drug-likeness (QED) is 0.724. The number of rotatable bonds is 4. The van der Waals surface area contributed by atoms with E-state index >= 15 is 0 Å². The van der Waals surface area contributed by atoms with Gasteiger partial charge in [0.15, 0.2) is 0 Å². The van der Waals surface area contributed by atoms with Crippen molar-refractivity contribution in [3.63, 3.8) is 0 Å². The Balaban J connectivity index is 4.54. The van der Waals surface area contributed by atoms with Gasteiger partial charge in [-0.05, 0) is 12.8 Å². The third-order valence-electron chi connectivity index (χ3n) is 2.67. The van der Waals surface area contributed by atoms with E-state index in [1.807, 2.05) is 20.8 Å². The van der Waals surface area contributed by atoms with Crippen molar-refractivity contribution in [2.45, 2.75) is 53.0 Å². The van der Waals surface area contributed by atoms with Gasteiger partial charge < -0.3 is 5.32 Å². The van der Waals surface area contributed by atoms with E-state index < -0.39 is 0 Å². The highest BCUT2D eigenvalue weighted by Gasteiger charge is 2.31. The van der Waals surface area contributed by atoms with Gasteiger partial charge in [-0.25, -0.2) is 0 Å². The second kappa shape index (κ2) is 5.01. The van der Waals surface area contributed by atoms with Gasteiger partial charge in [-0.2, -0.15) is 0 Å². The van der Waals surface area contributed by atoms with Crippen molar-refractivity contribution in [2.75, 3.05) is 5.88 Å². The van der Waals surface area contributed by atoms with E-state index in [-0.39, 0.29) is 16.9 Å². The van der Waals surface area contributed by atoms with Gasteiger partial charge in [0.25, 0.3) is 0 Å². The Kier molecular flexibility index (Phi) is 4.93. The molecular formula is C11H22ClNO. The van der Waals surface area contributed by atoms with E-state index in [1.54, 1.807) is 0 Å². The van der Waals surface area contributed by atoms with Crippen LogP contribution in [0.5, 0.6) is 0 Å². The van der Waals surface area contributed by atoms with Crippen LogP contribution in [0.25, 0.3) is 0 Å². The minimum absolute atomic E-state index is 0.0712. The van der Waals surface area contributed by atoms with Gasteiger partial charge in [-0.15, -0.1) is 11.6 Å². The summed E-state index contributed by atoms with van der Waals surface area (Å²) in [6.07, 6.45) is 1.74. The maximum absolute atomic E-state index is 11.8. The van der Waals surface area contributed by atoms with Crippen molar-refractivity contribution in [1.29, 1.82) is 0 Å². The minimum atomic E-state index is -0.346. The summed E-state index contributed by atoms with van der Waals surface area (Å²) in [5, 5.41) is 3.05. The van der Waals surface area contributed by atoms with Crippen molar-refractivity contribution < 1.29 is 4.79 Å². The van der Waals surface area contributed by atoms with E-state index in [9.17, 15) is 4.79 Å². The molecule has 0 spiro atoms. The first-order valence-electron chi connectivity index (χ1n) is 5.20. The monoisotopic (exact) mass is 219 g/mol. The molecule has 3 heteroatoms. The van der Waals surface area contributed by atoms with E-state index in [0.29, 0.717) is 5.88 Å². The van der Waals surface area contributed by atoms with Crippen LogP contribution in [0.3, 0.4) is 0 Å². The normalized spacial score (nSPS) is 12.7. The van der Waals surface area contributed by atoms with Crippen LogP contribution in [0.15, 0.2) is 0 Å². The van der Waals surface area contributed by atoms with Crippen LogP contribution in [0.1, 0.15) is 47.5 Å². The molecule has 0 atom stereocenters. The maximum atomic E-state index is 11.8. The lowest BCUT2D eigenvalue weighted by Gasteiger charge is -2.33. The van der Waals surface area contributed by atoms with Crippen molar-refractivity contribution in [3.8, 4) is 0 Å². The van der Waals surface area contributed by atoms with E-state index in [1.165, 1.54) is 0 Å². The van der Waals surface area contributed by atoms with Crippen LogP contribution in [0.2, 0.25) is 0 Å². The van der Waals surface area contributed by atoms with Crippen LogP contribution >= 0.6 is 11.6 Å². The molecule has 84 valence electrons. The first-order valence-corrected chi connectivity index (χ1v) is 5.73. The Hall–Kier alpha value is -0.240. The molecule has 2 nitrogen and oxygen atoms in total. The average molecular weight is 220 g/mol. The van der Waals surface area contributed by atoms with Gasteiger partial charge >= 0.3 is 0 Å². The number of amides is 1. The van der Waals surface area contributed by atoms with Crippen molar-refractivity contribution in [3.05, 3.63) is 0 Å². The molecule has 0 fully saturated rings. The molecule has 0 aromatic rings. The number of carbonyl (C=O) groups excluding carboxylic acids is 1. The Morgan fingerprint density at radius 1 is 1.21 bits per heavy atom. The van der Waals surface area contributed by atoms with Crippen LogP contribution < -0.4 is 5.32 Å². The largest absolute Gasteiger partial charge is 0.349 e. The first kappa shape index (κ1) is 13.8. The highest BCUT2D eigenvalue weighted by molar-refractivity contribution is 6.18. The summed E-state index contributed by atoms with van der Waals surface area (Å²) in [5.74, 6) is 0.545. The van der Waals surface area contributed by atoms with Crippen molar-refractivity contribution in [2.24, 2.45) is 5.41 Å². The molecule has 14 heavy (non-hydrogen) atoms. The van der Waals surface area contributed by atoms with Gasteiger partial charge in [0.05, 0.1) is 5.54 Å².